The summed E-state index contributed by atoms with van der Waals surface area (Å²) < 4.78 is 3.07. The fourth-order valence-electron chi connectivity index (χ4n) is 2.25. The number of rotatable bonds is 5. The van der Waals surface area contributed by atoms with E-state index >= 15 is 0 Å². The molecule has 0 aliphatic rings. The highest BCUT2D eigenvalue weighted by molar-refractivity contribution is 9.10. The van der Waals surface area contributed by atoms with Crippen molar-refractivity contribution < 1.29 is 5.11 Å². The topological polar surface area (TPSA) is 38.0 Å². The molecule has 0 bridgehead atoms. The molecule has 0 amide bonds. The molecule has 0 aliphatic heterocycles. The van der Waals surface area contributed by atoms with Gasteiger partial charge in [-0.1, -0.05) is 20.8 Å². The summed E-state index contributed by atoms with van der Waals surface area (Å²) in [6.07, 6.45) is 3.34. The molecule has 1 aromatic heterocycles. The predicted molar refractivity (Wildman–Crippen MR) is 69.5 cm³/mol. The lowest BCUT2D eigenvalue weighted by Gasteiger charge is -2.27. The summed E-state index contributed by atoms with van der Waals surface area (Å²) in [6, 6.07) is 0. The van der Waals surface area contributed by atoms with Crippen LogP contribution in [0.5, 0.6) is 0 Å². The lowest BCUT2D eigenvalue weighted by atomic mass is 9.83. The van der Waals surface area contributed by atoms with E-state index < -0.39 is 0 Å². The van der Waals surface area contributed by atoms with E-state index in [1.54, 1.807) is 0 Å². The molecular formula is C12H21BrN2O. The third kappa shape index (κ3) is 3.08. The minimum absolute atomic E-state index is 0.0708. The predicted octanol–water partition coefficient (Wildman–Crippen LogP) is 3.10. The zero-order valence-corrected chi connectivity index (χ0v) is 12.1. The molecule has 1 atom stereocenters. The van der Waals surface area contributed by atoms with Gasteiger partial charge in [0.15, 0.2) is 0 Å². The highest BCUT2D eigenvalue weighted by Crippen LogP contribution is 2.33. The van der Waals surface area contributed by atoms with Gasteiger partial charge >= 0.3 is 0 Å². The maximum absolute atomic E-state index is 9.55. The molecule has 92 valence electrons. The van der Waals surface area contributed by atoms with Crippen molar-refractivity contribution in [3.63, 3.8) is 0 Å². The van der Waals surface area contributed by atoms with Crippen molar-refractivity contribution in [1.29, 1.82) is 0 Å². The zero-order valence-electron chi connectivity index (χ0n) is 10.5. The van der Waals surface area contributed by atoms with Crippen molar-refractivity contribution in [1.82, 2.24) is 9.78 Å². The summed E-state index contributed by atoms with van der Waals surface area (Å²) in [5.41, 5.74) is 1.11. The Kier molecular flexibility index (Phi) is 4.56. The molecule has 3 nitrogen and oxygen atoms in total. The van der Waals surface area contributed by atoms with Crippen LogP contribution in [-0.2, 0) is 12.0 Å². The van der Waals surface area contributed by atoms with E-state index in [2.05, 4.69) is 41.8 Å². The highest BCUT2D eigenvalue weighted by atomic mass is 79.9. The van der Waals surface area contributed by atoms with Crippen LogP contribution in [0.25, 0.3) is 0 Å². The van der Waals surface area contributed by atoms with Crippen LogP contribution < -0.4 is 0 Å². The highest BCUT2D eigenvalue weighted by Gasteiger charge is 2.28. The smallest absolute Gasteiger partial charge is 0.0635 e. The molecule has 16 heavy (non-hydrogen) atoms. The molecule has 1 rings (SSSR count). The van der Waals surface area contributed by atoms with E-state index in [1.807, 2.05) is 17.8 Å². The number of hydrogen-bond acceptors (Lipinski definition) is 2. The van der Waals surface area contributed by atoms with Gasteiger partial charge in [0.1, 0.15) is 0 Å². The lowest BCUT2D eigenvalue weighted by molar-refractivity contribution is 0.153. The zero-order chi connectivity index (χ0) is 12.3. The van der Waals surface area contributed by atoms with Crippen LogP contribution in [0.4, 0.5) is 0 Å². The first-order valence-electron chi connectivity index (χ1n) is 5.78. The fourth-order valence-corrected chi connectivity index (χ4v) is 3.08. The average molecular weight is 289 g/mol. The first kappa shape index (κ1) is 13.7. The van der Waals surface area contributed by atoms with Crippen LogP contribution in [0, 0.1) is 0 Å². The molecule has 1 heterocycles. The summed E-state index contributed by atoms with van der Waals surface area (Å²) in [5.74, 6) is 0. The molecule has 4 heteroatoms. The van der Waals surface area contributed by atoms with Crippen molar-refractivity contribution in [2.24, 2.45) is 0 Å². The fraction of sp³-hybridized carbons (Fsp3) is 0.750. The van der Waals surface area contributed by atoms with Crippen molar-refractivity contribution in [3.05, 3.63) is 16.4 Å². The van der Waals surface area contributed by atoms with Gasteiger partial charge in [-0.25, -0.2) is 0 Å². The summed E-state index contributed by atoms with van der Waals surface area (Å²) in [5, 5.41) is 13.9. The van der Waals surface area contributed by atoms with Gasteiger partial charge in [-0.2, -0.15) is 5.10 Å². The maximum Gasteiger partial charge on any atom is 0.0635 e. The van der Waals surface area contributed by atoms with Gasteiger partial charge in [0.05, 0.1) is 22.5 Å². The van der Waals surface area contributed by atoms with E-state index in [4.69, 9.17) is 0 Å². The molecule has 0 saturated carbocycles. The van der Waals surface area contributed by atoms with Crippen molar-refractivity contribution >= 4 is 15.9 Å². The molecule has 1 N–H and O–H groups in total. The Hall–Kier alpha value is -0.350. The Balaban J connectivity index is 3.04. The molecule has 0 radical (unpaired) electrons. The Labute approximate surface area is 106 Å². The van der Waals surface area contributed by atoms with Crippen LogP contribution in [0.2, 0.25) is 0 Å². The summed E-state index contributed by atoms with van der Waals surface area (Å²) in [7, 11) is 0. The number of aryl methyl sites for hydroxylation is 1. The van der Waals surface area contributed by atoms with E-state index in [0.29, 0.717) is 0 Å². The number of aromatic nitrogens is 2. The van der Waals surface area contributed by atoms with E-state index in [0.717, 1.165) is 23.9 Å². The Morgan fingerprint density at radius 3 is 2.69 bits per heavy atom. The third-order valence-electron chi connectivity index (χ3n) is 2.68. The number of aliphatic hydroxyl groups excluding tert-OH is 1. The van der Waals surface area contributed by atoms with Crippen molar-refractivity contribution in [3.8, 4) is 0 Å². The molecule has 0 saturated heterocycles. The normalized spacial score (nSPS) is 14.1. The van der Waals surface area contributed by atoms with Crippen LogP contribution in [0.3, 0.4) is 0 Å². The van der Waals surface area contributed by atoms with Gasteiger partial charge in [0.25, 0.3) is 0 Å². The molecular weight excluding hydrogens is 268 g/mol. The Morgan fingerprint density at radius 2 is 2.19 bits per heavy atom. The third-order valence-corrected chi connectivity index (χ3v) is 3.26. The second-order valence-electron chi connectivity index (χ2n) is 5.00. The summed E-state index contributed by atoms with van der Waals surface area (Å²) in [6.45, 7) is 9.18. The molecule has 1 aromatic rings. The van der Waals surface area contributed by atoms with Crippen molar-refractivity contribution in [2.45, 2.75) is 58.6 Å². The molecule has 1 unspecified atom stereocenters. The molecule has 0 spiro atoms. The van der Waals surface area contributed by atoms with Crippen LogP contribution in [0.15, 0.2) is 10.7 Å². The minimum atomic E-state index is -0.299. The maximum atomic E-state index is 9.55. The average Bonchev–Trinajstić information content (AvgIpc) is 2.46. The number of hydrogen-bond donors (Lipinski definition) is 1. The summed E-state index contributed by atoms with van der Waals surface area (Å²) in [4.78, 5) is 0. The number of nitrogens with zero attached hydrogens (tertiary/aromatic N) is 2. The van der Waals surface area contributed by atoms with Gasteiger partial charge in [-0.05, 0) is 35.7 Å². The quantitative estimate of drug-likeness (QED) is 0.904. The Bertz CT molecular complexity index is 345. The SMILES string of the molecule is CCCn1ncc(Br)c1C(C)(C)CC(C)O. The molecule has 0 aromatic carbocycles. The van der Waals surface area contributed by atoms with Gasteiger partial charge in [0, 0.05) is 12.0 Å². The van der Waals surface area contributed by atoms with E-state index in [9.17, 15) is 5.11 Å². The largest absolute Gasteiger partial charge is 0.393 e. The number of halogens is 1. The first-order chi connectivity index (χ1) is 7.38. The standard InChI is InChI=1S/C12H21BrN2O/c1-5-6-15-11(10(13)8-14-15)12(3,4)7-9(2)16/h8-9,16H,5-7H2,1-4H3. The van der Waals surface area contributed by atoms with Gasteiger partial charge in [-0.3, -0.25) is 4.68 Å². The first-order valence-corrected chi connectivity index (χ1v) is 6.57. The monoisotopic (exact) mass is 288 g/mol. The number of aliphatic hydroxyl groups is 1. The van der Waals surface area contributed by atoms with E-state index in [-0.39, 0.29) is 11.5 Å². The van der Waals surface area contributed by atoms with Crippen molar-refractivity contribution in [2.75, 3.05) is 0 Å². The summed E-state index contributed by atoms with van der Waals surface area (Å²) >= 11 is 3.55. The van der Waals surface area contributed by atoms with Crippen LogP contribution in [0.1, 0.15) is 46.2 Å². The van der Waals surface area contributed by atoms with Gasteiger partial charge < -0.3 is 5.11 Å². The van der Waals surface area contributed by atoms with E-state index in [1.165, 1.54) is 5.69 Å². The van der Waals surface area contributed by atoms with Crippen LogP contribution in [-0.4, -0.2) is 21.0 Å². The Morgan fingerprint density at radius 1 is 1.56 bits per heavy atom. The minimum Gasteiger partial charge on any atom is -0.393 e. The van der Waals surface area contributed by atoms with Crippen LogP contribution >= 0.6 is 15.9 Å². The van der Waals surface area contributed by atoms with Gasteiger partial charge in [-0.15, -0.1) is 0 Å². The second kappa shape index (κ2) is 5.32. The molecule has 0 aliphatic carbocycles. The molecule has 0 fully saturated rings. The van der Waals surface area contributed by atoms with Gasteiger partial charge in [0.2, 0.25) is 0 Å². The second-order valence-corrected chi connectivity index (χ2v) is 5.86. The lowest BCUT2D eigenvalue weighted by Crippen LogP contribution is -2.27.